The Labute approximate surface area is 411 Å². The van der Waals surface area contributed by atoms with E-state index in [1.54, 1.807) is 0 Å². The molecule has 4 nitrogen and oxygen atoms in total. The van der Waals surface area contributed by atoms with Crippen molar-refractivity contribution in [3.8, 4) is 33.4 Å². The number of fused-ring (bicyclic) bond motifs is 10. The average molecular weight is 919 g/mol. The van der Waals surface area contributed by atoms with E-state index >= 15 is 0 Å². The largest absolute Gasteiger partial charge is 0.456 e. The van der Waals surface area contributed by atoms with E-state index in [1.807, 2.05) is 0 Å². The Kier molecular flexibility index (Phi) is 8.96. The SMILES string of the molecule is CC(C)(C)c1cc2c3c(c1)N(c1c(-c4ccccc4)ccc4oc5ccccc5c14)c1ccc(-c4ccccc4)cc1B3c1cc(Cl)ccc1N2c1c(-c2ccccc2)ccc2oc3ccccc3c12. The van der Waals surface area contributed by atoms with Gasteiger partial charge in [-0.1, -0.05) is 172 Å². The van der Waals surface area contributed by atoms with Crippen molar-refractivity contribution in [2.75, 3.05) is 9.80 Å². The van der Waals surface area contributed by atoms with E-state index in [0.29, 0.717) is 5.02 Å². The van der Waals surface area contributed by atoms with Crippen molar-refractivity contribution in [1.29, 1.82) is 0 Å². The normalized spacial score (nSPS) is 13.1. The predicted octanol–water partition coefficient (Wildman–Crippen LogP) is 16.5. The Morgan fingerprint density at radius 2 is 0.857 bits per heavy atom. The molecule has 2 aromatic heterocycles. The highest BCUT2D eigenvalue weighted by molar-refractivity contribution is 7.00. The molecule has 0 saturated carbocycles. The fraction of sp³-hybridized carbons (Fsp3) is 0.0625. The van der Waals surface area contributed by atoms with Crippen LogP contribution in [0.4, 0.5) is 34.1 Å². The number of para-hydroxylation sites is 2. The van der Waals surface area contributed by atoms with Crippen molar-refractivity contribution >= 4 is 113 Å². The van der Waals surface area contributed by atoms with Crippen molar-refractivity contribution in [1.82, 2.24) is 0 Å². The van der Waals surface area contributed by atoms with Gasteiger partial charge in [-0.25, -0.2) is 0 Å². The molecule has 14 rings (SSSR count). The van der Waals surface area contributed by atoms with Crippen LogP contribution in [-0.2, 0) is 5.41 Å². The van der Waals surface area contributed by atoms with Crippen molar-refractivity contribution in [3.63, 3.8) is 0 Å². The first-order chi connectivity index (χ1) is 34.3. The standard InChI is InChI=1S/C64H44BClN2O2/c1-64(2,3)43-36-53-61-54(37-43)68(63-46(41-21-11-6-12-22-41)30-34-58-60(63)48-24-14-16-26-56(48)70-58)52-32-28-44(66)38-50(52)65(61)49-35-42(39-17-7-4-8-18-39)27-31-51(49)67(53)62-45(40-19-9-5-10-20-40)29-33-57-59(62)47-23-13-15-25-55(47)69-57/h4-38H,1-3H3. The second kappa shape index (κ2) is 15.4. The lowest BCUT2D eigenvalue weighted by Crippen LogP contribution is -2.61. The van der Waals surface area contributed by atoms with Crippen LogP contribution in [0.5, 0.6) is 0 Å². The van der Waals surface area contributed by atoms with E-state index in [9.17, 15) is 0 Å². The first-order valence-electron chi connectivity index (χ1n) is 24.1. The zero-order chi connectivity index (χ0) is 46.8. The summed E-state index contributed by atoms with van der Waals surface area (Å²) in [4.78, 5) is 5.11. The Morgan fingerprint density at radius 3 is 1.37 bits per heavy atom. The molecule has 4 heterocycles. The second-order valence-electron chi connectivity index (χ2n) is 19.7. The van der Waals surface area contributed by atoms with Crippen LogP contribution in [0, 0.1) is 0 Å². The van der Waals surface area contributed by atoms with Crippen molar-refractivity contribution in [2.24, 2.45) is 0 Å². The minimum atomic E-state index is -0.247. The molecule has 0 atom stereocenters. The smallest absolute Gasteiger partial charge is 0.252 e. The lowest BCUT2D eigenvalue weighted by atomic mass is 9.33. The fourth-order valence-corrected chi connectivity index (χ4v) is 11.6. The molecule has 10 aromatic carbocycles. The molecule has 0 aliphatic carbocycles. The van der Waals surface area contributed by atoms with Crippen LogP contribution in [0.15, 0.2) is 221 Å². The molecular weight excluding hydrogens is 875 g/mol. The Bertz CT molecular complexity index is 4060. The van der Waals surface area contributed by atoms with E-state index in [0.717, 1.165) is 117 Å². The summed E-state index contributed by atoms with van der Waals surface area (Å²) in [6.07, 6.45) is 0. The molecule has 0 amide bonds. The molecule has 0 radical (unpaired) electrons. The first-order valence-corrected chi connectivity index (χ1v) is 24.4. The summed E-state index contributed by atoms with van der Waals surface area (Å²) < 4.78 is 13.5. The van der Waals surface area contributed by atoms with Crippen molar-refractivity contribution in [3.05, 3.63) is 223 Å². The van der Waals surface area contributed by atoms with Gasteiger partial charge in [-0.2, -0.15) is 0 Å². The molecule has 12 aromatic rings. The molecule has 0 spiro atoms. The lowest BCUT2D eigenvalue weighted by Gasteiger charge is -2.46. The number of anilines is 6. The topological polar surface area (TPSA) is 32.8 Å². The molecule has 2 aliphatic heterocycles. The second-order valence-corrected chi connectivity index (χ2v) is 20.2. The van der Waals surface area contributed by atoms with E-state index in [-0.39, 0.29) is 12.1 Å². The van der Waals surface area contributed by atoms with Gasteiger partial charge < -0.3 is 18.6 Å². The molecule has 70 heavy (non-hydrogen) atoms. The van der Waals surface area contributed by atoms with E-state index < -0.39 is 0 Å². The van der Waals surface area contributed by atoms with Gasteiger partial charge in [0.15, 0.2) is 0 Å². The molecule has 0 bridgehead atoms. The summed E-state index contributed by atoms with van der Waals surface area (Å²) >= 11 is 7.27. The van der Waals surface area contributed by atoms with Gasteiger partial charge in [0.2, 0.25) is 0 Å². The summed E-state index contributed by atoms with van der Waals surface area (Å²) in [6, 6.07) is 76.5. The van der Waals surface area contributed by atoms with Gasteiger partial charge in [0.1, 0.15) is 22.3 Å². The van der Waals surface area contributed by atoms with E-state index in [2.05, 4.69) is 243 Å². The highest BCUT2D eigenvalue weighted by Crippen LogP contribution is 2.54. The molecule has 0 N–H and O–H groups in total. The third kappa shape index (κ3) is 6.11. The summed E-state index contributed by atoms with van der Waals surface area (Å²) in [5.74, 6) is 0. The zero-order valence-corrected chi connectivity index (χ0v) is 39.6. The summed E-state index contributed by atoms with van der Waals surface area (Å²) in [5, 5.41) is 4.95. The van der Waals surface area contributed by atoms with Crippen molar-refractivity contribution in [2.45, 2.75) is 26.2 Å². The van der Waals surface area contributed by atoms with Crippen LogP contribution in [0.1, 0.15) is 26.3 Å². The third-order valence-corrected chi connectivity index (χ3v) is 14.9. The number of nitrogens with zero attached hydrogens (tertiary/aromatic N) is 2. The number of hydrogen-bond donors (Lipinski definition) is 0. The molecule has 0 saturated heterocycles. The summed E-state index contributed by atoms with van der Waals surface area (Å²) in [7, 11) is 0. The van der Waals surface area contributed by atoms with Gasteiger partial charge in [0.25, 0.3) is 6.71 Å². The lowest BCUT2D eigenvalue weighted by molar-refractivity contribution is 0.590. The van der Waals surface area contributed by atoms with Crippen LogP contribution in [0.2, 0.25) is 5.02 Å². The zero-order valence-electron chi connectivity index (χ0n) is 38.9. The van der Waals surface area contributed by atoms with Gasteiger partial charge in [0, 0.05) is 49.7 Å². The molecule has 6 heteroatoms. The summed E-state index contributed by atoms with van der Waals surface area (Å²) in [6.45, 7) is 6.78. The third-order valence-electron chi connectivity index (χ3n) is 14.6. The van der Waals surface area contributed by atoms with E-state index in [4.69, 9.17) is 20.4 Å². The minimum absolute atomic E-state index is 0.195. The average Bonchev–Trinajstić information content (AvgIpc) is 3.97. The van der Waals surface area contributed by atoms with Crippen molar-refractivity contribution < 1.29 is 8.83 Å². The quantitative estimate of drug-likeness (QED) is 0.161. The Balaban J connectivity index is 1.18. The molecule has 2 aliphatic rings. The van der Waals surface area contributed by atoms with Gasteiger partial charge in [0.05, 0.1) is 22.1 Å². The first kappa shape index (κ1) is 40.8. The van der Waals surface area contributed by atoms with Gasteiger partial charge >= 0.3 is 0 Å². The van der Waals surface area contributed by atoms with E-state index in [1.165, 1.54) is 16.5 Å². The van der Waals surface area contributed by atoms with Crippen LogP contribution in [-0.4, -0.2) is 6.71 Å². The fourth-order valence-electron chi connectivity index (χ4n) is 11.5. The maximum atomic E-state index is 7.27. The number of hydrogen-bond acceptors (Lipinski definition) is 4. The predicted molar refractivity (Wildman–Crippen MR) is 295 cm³/mol. The maximum Gasteiger partial charge on any atom is 0.252 e. The summed E-state index contributed by atoms with van der Waals surface area (Å²) in [5.41, 5.74) is 21.2. The van der Waals surface area contributed by atoms with Gasteiger partial charge in [-0.3, -0.25) is 0 Å². The number of furan rings is 2. The molecule has 332 valence electrons. The molecular formula is C64H44BClN2O2. The van der Waals surface area contributed by atoms with Crippen LogP contribution >= 0.6 is 11.6 Å². The minimum Gasteiger partial charge on any atom is -0.456 e. The highest BCUT2D eigenvalue weighted by Gasteiger charge is 2.46. The highest BCUT2D eigenvalue weighted by atomic mass is 35.5. The van der Waals surface area contributed by atoms with Crippen LogP contribution < -0.4 is 26.2 Å². The number of rotatable bonds is 5. The maximum absolute atomic E-state index is 7.27. The Hall–Kier alpha value is -8.25. The van der Waals surface area contributed by atoms with Gasteiger partial charge in [-0.15, -0.1) is 0 Å². The van der Waals surface area contributed by atoms with Crippen LogP contribution in [0.25, 0.3) is 77.3 Å². The monoisotopic (exact) mass is 918 g/mol. The van der Waals surface area contributed by atoms with Crippen LogP contribution in [0.3, 0.4) is 0 Å². The van der Waals surface area contributed by atoms with Gasteiger partial charge in [-0.05, 0) is 122 Å². The molecule has 0 fully saturated rings. The number of halogens is 1. The Morgan fingerprint density at radius 1 is 0.400 bits per heavy atom. The number of benzene rings is 10. The molecule has 0 unspecified atom stereocenters.